The number of aliphatic hydroxyl groups excluding tert-OH is 1. The average molecular weight is 298 g/mol. The van der Waals surface area contributed by atoms with Gasteiger partial charge in [-0.25, -0.2) is 0 Å². The zero-order chi connectivity index (χ0) is 16.2. The molecule has 2 aromatic carbocycles. The van der Waals surface area contributed by atoms with Gasteiger partial charge in [0.2, 0.25) is 5.91 Å². The number of carbonyl (C=O) groups excluding carboxylic acids is 1. The van der Waals surface area contributed by atoms with Crippen molar-refractivity contribution in [3.63, 3.8) is 0 Å². The number of amides is 1. The number of benzene rings is 2. The number of nitrogens with one attached hydrogen (secondary N) is 1. The van der Waals surface area contributed by atoms with Gasteiger partial charge in [0.25, 0.3) is 0 Å². The van der Waals surface area contributed by atoms with E-state index >= 15 is 0 Å². The summed E-state index contributed by atoms with van der Waals surface area (Å²) >= 11 is 0. The van der Waals surface area contributed by atoms with Gasteiger partial charge in [0, 0.05) is 6.54 Å². The molecule has 0 spiro atoms. The minimum absolute atomic E-state index is 0.127. The van der Waals surface area contributed by atoms with Crippen LogP contribution in [0.3, 0.4) is 0 Å². The van der Waals surface area contributed by atoms with Gasteiger partial charge >= 0.3 is 0 Å². The predicted octanol–water partition coefficient (Wildman–Crippen LogP) is 2.02. The Morgan fingerprint density at radius 1 is 1.18 bits per heavy atom. The SMILES string of the molecule is Cc1ccc(C(O)CNC(=O)C(C)(N)c2ccccc2)cc1. The number of nitrogens with two attached hydrogens (primary N) is 1. The highest BCUT2D eigenvalue weighted by Gasteiger charge is 2.30. The molecule has 2 unspecified atom stereocenters. The van der Waals surface area contributed by atoms with Gasteiger partial charge in [-0.15, -0.1) is 0 Å². The van der Waals surface area contributed by atoms with Crippen LogP contribution in [0.5, 0.6) is 0 Å². The van der Waals surface area contributed by atoms with E-state index in [0.717, 1.165) is 16.7 Å². The van der Waals surface area contributed by atoms with Crippen molar-refractivity contribution in [2.45, 2.75) is 25.5 Å². The van der Waals surface area contributed by atoms with Gasteiger partial charge in [-0.1, -0.05) is 60.2 Å². The zero-order valence-corrected chi connectivity index (χ0v) is 12.9. The molecule has 0 fully saturated rings. The van der Waals surface area contributed by atoms with Crippen molar-refractivity contribution < 1.29 is 9.90 Å². The van der Waals surface area contributed by atoms with E-state index in [1.807, 2.05) is 61.5 Å². The van der Waals surface area contributed by atoms with Crippen LogP contribution in [-0.4, -0.2) is 17.6 Å². The number of carbonyl (C=O) groups is 1. The third-order valence-electron chi connectivity index (χ3n) is 3.76. The average Bonchev–Trinajstić information content (AvgIpc) is 2.53. The third kappa shape index (κ3) is 3.72. The summed E-state index contributed by atoms with van der Waals surface area (Å²) in [5, 5.41) is 12.9. The summed E-state index contributed by atoms with van der Waals surface area (Å²) in [5.41, 5.74) is 7.63. The molecule has 0 saturated heterocycles. The molecule has 2 rings (SSSR count). The minimum atomic E-state index is -1.13. The Labute approximate surface area is 131 Å². The number of hydrogen-bond donors (Lipinski definition) is 3. The van der Waals surface area contributed by atoms with E-state index in [4.69, 9.17) is 5.73 Å². The molecule has 0 aromatic heterocycles. The van der Waals surface area contributed by atoms with E-state index in [9.17, 15) is 9.90 Å². The summed E-state index contributed by atoms with van der Waals surface area (Å²) in [6.07, 6.45) is -0.754. The molecule has 0 aliphatic rings. The van der Waals surface area contributed by atoms with Gasteiger partial charge in [0.1, 0.15) is 5.54 Å². The molecule has 2 aromatic rings. The Morgan fingerprint density at radius 3 is 2.36 bits per heavy atom. The van der Waals surface area contributed by atoms with Crippen LogP contribution in [0, 0.1) is 6.92 Å². The highest BCUT2D eigenvalue weighted by atomic mass is 16.3. The lowest BCUT2D eigenvalue weighted by atomic mass is 9.92. The van der Waals surface area contributed by atoms with Crippen LogP contribution in [0.4, 0.5) is 0 Å². The second kappa shape index (κ2) is 6.73. The minimum Gasteiger partial charge on any atom is -0.387 e. The summed E-state index contributed by atoms with van der Waals surface area (Å²) in [4.78, 5) is 12.3. The Balaban J connectivity index is 1.99. The van der Waals surface area contributed by atoms with Gasteiger partial charge < -0.3 is 16.2 Å². The van der Waals surface area contributed by atoms with Crippen LogP contribution in [0.15, 0.2) is 54.6 Å². The molecule has 22 heavy (non-hydrogen) atoms. The molecule has 0 aliphatic carbocycles. The lowest BCUT2D eigenvalue weighted by Crippen LogP contribution is -2.49. The maximum Gasteiger partial charge on any atom is 0.244 e. The first kappa shape index (κ1) is 16.2. The quantitative estimate of drug-likeness (QED) is 0.790. The van der Waals surface area contributed by atoms with Crippen molar-refractivity contribution in [2.75, 3.05) is 6.54 Å². The van der Waals surface area contributed by atoms with Gasteiger partial charge in [-0.05, 0) is 25.0 Å². The summed E-state index contributed by atoms with van der Waals surface area (Å²) in [6, 6.07) is 16.7. The normalized spacial score (nSPS) is 14.9. The van der Waals surface area contributed by atoms with Crippen molar-refractivity contribution in [3.8, 4) is 0 Å². The van der Waals surface area contributed by atoms with E-state index in [2.05, 4.69) is 5.32 Å². The maximum atomic E-state index is 12.3. The topological polar surface area (TPSA) is 75.3 Å². The fraction of sp³-hybridized carbons (Fsp3) is 0.278. The maximum absolute atomic E-state index is 12.3. The van der Waals surface area contributed by atoms with Crippen LogP contribution in [-0.2, 0) is 10.3 Å². The molecule has 0 radical (unpaired) electrons. The van der Waals surface area contributed by atoms with Crippen molar-refractivity contribution in [1.29, 1.82) is 0 Å². The Hall–Kier alpha value is -2.17. The lowest BCUT2D eigenvalue weighted by molar-refractivity contribution is -0.126. The van der Waals surface area contributed by atoms with Crippen LogP contribution in [0.1, 0.15) is 29.7 Å². The van der Waals surface area contributed by atoms with E-state index < -0.39 is 11.6 Å². The van der Waals surface area contributed by atoms with E-state index in [-0.39, 0.29) is 12.5 Å². The molecule has 0 bridgehead atoms. The van der Waals surface area contributed by atoms with Gasteiger partial charge in [-0.3, -0.25) is 4.79 Å². The third-order valence-corrected chi connectivity index (χ3v) is 3.76. The fourth-order valence-corrected chi connectivity index (χ4v) is 2.19. The molecule has 4 N–H and O–H groups in total. The fourth-order valence-electron chi connectivity index (χ4n) is 2.19. The van der Waals surface area contributed by atoms with Crippen LogP contribution in [0.25, 0.3) is 0 Å². The Kier molecular flexibility index (Phi) is 4.96. The second-order valence-corrected chi connectivity index (χ2v) is 5.70. The Morgan fingerprint density at radius 2 is 1.77 bits per heavy atom. The number of aliphatic hydroxyl groups is 1. The molecule has 0 aliphatic heterocycles. The molecular formula is C18H22N2O2. The zero-order valence-electron chi connectivity index (χ0n) is 12.9. The molecule has 4 heteroatoms. The lowest BCUT2D eigenvalue weighted by Gasteiger charge is -2.25. The second-order valence-electron chi connectivity index (χ2n) is 5.70. The number of aryl methyl sites for hydroxylation is 1. The molecule has 0 heterocycles. The van der Waals surface area contributed by atoms with Crippen LogP contribution in [0.2, 0.25) is 0 Å². The Bertz CT molecular complexity index is 621. The van der Waals surface area contributed by atoms with Crippen LogP contribution >= 0.6 is 0 Å². The van der Waals surface area contributed by atoms with Crippen LogP contribution < -0.4 is 11.1 Å². The smallest absolute Gasteiger partial charge is 0.244 e. The van der Waals surface area contributed by atoms with Gasteiger partial charge in [0.15, 0.2) is 0 Å². The van der Waals surface area contributed by atoms with E-state index in [1.54, 1.807) is 6.92 Å². The summed E-state index contributed by atoms with van der Waals surface area (Å²) in [7, 11) is 0. The summed E-state index contributed by atoms with van der Waals surface area (Å²) in [6.45, 7) is 3.77. The van der Waals surface area contributed by atoms with E-state index in [1.165, 1.54) is 0 Å². The van der Waals surface area contributed by atoms with Gasteiger partial charge in [0.05, 0.1) is 6.10 Å². The van der Waals surface area contributed by atoms with Crippen molar-refractivity contribution in [3.05, 3.63) is 71.3 Å². The molecule has 2 atom stereocenters. The monoisotopic (exact) mass is 298 g/mol. The number of hydrogen-bond acceptors (Lipinski definition) is 3. The predicted molar refractivity (Wildman–Crippen MR) is 87.1 cm³/mol. The standard InChI is InChI=1S/C18H22N2O2/c1-13-8-10-14(11-9-13)16(21)12-20-17(22)18(2,19)15-6-4-3-5-7-15/h3-11,16,21H,12,19H2,1-2H3,(H,20,22). The molecular weight excluding hydrogens is 276 g/mol. The first-order valence-corrected chi connectivity index (χ1v) is 7.28. The summed E-state index contributed by atoms with van der Waals surface area (Å²) < 4.78 is 0. The molecule has 1 amide bonds. The van der Waals surface area contributed by atoms with Crippen molar-refractivity contribution in [2.24, 2.45) is 5.73 Å². The highest BCUT2D eigenvalue weighted by Crippen LogP contribution is 2.18. The summed E-state index contributed by atoms with van der Waals surface area (Å²) in [5.74, 6) is -0.315. The first-order chi connectivity index (χ1) is 10.4. The largest absolute Gasteiger partial charge is 0.387 e. The highest BCUT2D eigenvalue weighted by molar-refractivity contribution is 5.87. The van der Waals surface area contributed by atoms with Crippen molar-refractivity contribution in [1.82, 2.24) is 5.32 Å². The van der Waals surface area contributed by atoms with E-state index in [0.29, 0.717) is 0 Å². The molecule has 4 nitrogen and oxygen atoms in total. The molecule has 116 valence electrons. The first-order valence-electron chi connectivity index (χ1n) is 7.28. The molecule has 0 saturated carbocycles. The van der Waals surface area contributed by atoms with Gasteiger partial charge in [-0.2, -0.15) is 0 Å². The number of rotatable bonds is 5. The van der Waals surface area contributed by atoms with Crippen molar-refractivity contribution >= 4 is 5.91 Å².